The molecule has 0 fully saturated rings. The van der Waals surface area contributed by atoms with E-state index in [9.17, 15) is 24.0 Å². The van der Waals surface area contributed by atoms with Gasteiger partial charge in [-0.05, 0) is 42.9 Å². The Bertz CT molecular complexity index is 1230. The van der Waals surface area contributed by atoms with Gasteiger partial charge in [0.25, 0.3) is 0 Å². The molecule has 0 aliphatic rings. The Morgan fingerprint density at radius 3 is 2.36 bits per heavy atom. The summed E-state index contributed by atoms with van der Waals surface area (Å²) in [5, 5.41) is 18.7. The molecular weight excluding hydrogens is 572 g/mol. The van der Waals surface area contributed by atoms with Gasteiger partial charge in [0.05, 0.1) is 25.5 Å². The number of esters is 1. The third-order valence-electron chi connectivity index (χ3n) is 6.42. The van der Waals surface area contributed by atoms with Crippen molar-refractivity contribution in [1.82, 2.24) is 30.9 Å². The molecule has 15 nitrogen and oxygen atoms in total. The number of hydrogen-bond acceptors (Lipinski definition) is 9. The van der Waals surface area contributed by atoms with E-state index in [1.165, 1.54) is 6.92 Å². The van der Waals surface area contributed by atoms with Gasteiger partial charge in [-0.3, -0.25) is 19.2 Å². The van der Waals surface area contributed by atoms with Crippen molar-refractivity contribution >= 4 is 35.4 Å². The molecule has 1 heterocycles. The summed E-state index contributed by atoms with van der Waals surface area (Å²) in [6.45, 7) is 8.20. The van der Waals surface area contributed by atoms with Crippen molar-refractivity contribution in [1.29, 1.82) is 0 Å². The first-order valence-electron chi connectivity index (χ1n) is 14.6. The molecule has 0 spiro atoms. The molecule has 44 heavy (non-hydrogen) atoms. The van der Waals surface area contributed by atoms with E-state index in [1.54, 1.807) is 42.8 Å². The maximum Gasteiger partial charge on any atom is 0.312 e. The molecule has 15 heteroatoms. The van der Waals surface area contributed by atoms with Crippen molar-refractivity contribution in [3.8, 4) is 0 Å². The van der Waals surface area contributed by atoms with Gasteiger partial charge >= 0.3 is 12.0 Å². The highest BCUT2D eigenvalue weighted by Crippen LogP contribution is 2.13. The minimum absolute atomic E-state index is 0.0459. The number of aryl methyl sites for hydroxylation is 1. The Morgan fingerprint density at radius 2 is 1.75 bits per heavy atom. The number of nitrogens with zero attached hydrogens (tertiary/aromatic N) is 3. The predicted molar refractivity (Wildman–Crippen MR) is 161 cm³/mol. The van der Waals surface area contributed by atoms with Crippen LogP contribution < -0.4 is 27.0 Å². The summed E-state index contributed by atoms with van der Waals surface area (Å²) in [5.41, 5.74) is 7.22. The number of ether oxygens (including phenoxy) is 2. The zero-order valence-electron chi connectivity index (χ0n) is 25.8. The van der Waals surface area contributed by atoms with Crippen LogP contribution in [-0.2, 0) is 48.2 Å². The highest BCUT2D eigenvalue weighted by atomic mass is 16.5. The van der Waals surface area contributed by atoms with Crippen LogP contribution in [0.1, 0.15) is 58.2 Å². The quantitative estimate of drug-likeness (QED) is 0.113. The minimum atomic E-state index is -0.968. The fourth-order valence-electron chi connectivity index (χ4n) is 3.96. The molecule has 1 aromatic heterocycles. The van der Waals surface area contributed by atoms with Crippen LogP contribution in [0.5, 0.6) is 0 Å². The number of nitrogens with one attached hydrogen (secondary N) is 4. The number of aromatic nitrogens is 3. The van der Waals surface area contributed by atoms with Gasteiger partial charge in [-0.2, -0.15) is 0 Å². The smallest absolute Gasteiger partial charge is 0.312 e. The minimum Gasteiger partial charge on any atom is -0.461 e. The monoisotopic (exact) mass is 616 g/mol. The first kappa shape index (κ1) is 35.7. The number of carbonyl (C=O) groups is 5. The summed E-state index contributed by atoms with van der Waals surface area (Å²) < 4.78 is 12.2. The second-order valence-electron chi connectivity index (χ2n) is 10.4. The normalized spacial score (nSPS) is 12.2. The molecule has 0 radical (unpaired) electrons. The van der Waals surface area contributed by atoms with Gasteiger partial charge in [0, 0.05) is 31.8 Å². The standard InChI is InChI=1S/C29H44N8O7/c1-5-22-17-37(36-35-22)14-16-43-15-12-25(39)34-26(19(2)3)28(41)33-24(7-6-13-31-29(30)42)27(40)32-23-10-8-21(9-11-23)18-44-20(4)38/h8-11,17,19,24,26H,5-7,12-16,18H2,1-4H3,(H,32,40)(H,33,41)(H,34,39)(H3,30,31,42)/t24-,26-/m0/s1. The Morgan fingerprint density at radius 1 is 1.02 bits per heavy atom. The Hall–Kier alpha value is -4.53. The maximum atomic E-state index is 13.3. The lowest BCUT2D eigenvalue weighted by molar-refractivity contribution is -0.142. The van der Waals surface area contributed by atoms with Gasteiger partial charge in [0.1, 0.15) is 18.7 Å². The van der Waals surface area contributed by atoms with E-state index in [0.29, 0.717) is 25.3 Å². The van der Waals surface area contributed by atoms with E-state index >= 15 is 0 Å². The van der Waals surface area contributed by atoms with E-state index in [2.05, 4.69) is 31.6 Å². The van der Waals surface area contributed by atoms with Gasteiger partial charge < -0.3 is 36.5 Å². The summed E-state index contributed by atoms with van der Waals surface area (Å²) in [7, 11) is 0. The van der Waals surface area contributed by atoms with Crippen molar-refractivity contribution in [2.75, 3.05) is 25.1 Å². The second-order valence-corrected chi connectivity index (χ2v) is 10.4. The molecule has 242 valence electrons. The average Bonchev–Trinajstić information content (AvgIpc) is 3.44. The van der Waals surface area contributed by atoms with E-state index in [0.717, 1.165) is 17.7 Å². The van der Waals surface area contributed by atoms with Crippen LogP contribution in [0.25, 0.3) is 0 Å². The van der Waals surface area contributed by atoms with Gasteiger partial charge in [-0.1, -0.05) is 38.1 Å². The molecule has 0 aliphatic heterocycles. The van der Waals surface area contributed by atoms with Crippen molar-refractivity contribution in [2.24, 2.45) is 11.7 Å². The zero-order valence-corrected chi connectivity index (χ0v) is 25.8. The molecule has 2 rings (SSSR count). The Labute approximate surface area is 257 Å². The second kappa shape index (κ2) is 18.9. The molecule has 0 saturated heterocycles. The van der Waals surface area contributed by atoms with E-state index in [4.69, 9.17) is 15.2 Å². The van der Waals surface area contributed by atoms with Crippen LogP contribution in [-0.4, -0.2) is 76.6 Å². The first-order chi connectivity index (χ1) is 21.0. The van der Waals surface area contributed by atoms with Crippen LogP contribution in [0.15, 0.2) is 30.5 Å². The number of benzene rings is 1. The largest absolute Gasteiger partial charge is 0.461 e. The summed E-state index contributed by atoms with van der Waals surface area (Å²) in [6, 6.07) is 4.14. The van der Waals surface area contributed by atoms with Crippen molar-refractivity contribution < 1.29 is 33.4 Å². The lowest BCUT2D eigenvalue weighted by atomic mass is 10.0. The van der Waals surface area contributed by atoms with Crippen molar-refractivity contribution in [3.63, 3.8) is 0 Å². The Kier molecular flexibility index (Phi) is 15.3. The van der Waals surface area contributed by atoms with Crippen molar-refractivity contribution in [3.05, 3.63) is 41.7 Å². The number of nitrogens with two attached hydrogens (primary N) is 1. The fourth-order valence-corrected chi connectivity index (χ4v) is 3.96. The van der Waals surface area contributed by atoms with E-state index < -0.39 is 35.9 Å². The summed E-state index contributed by atoms with van der Waals surface area (Å²) in [6.07, 6.45) is 3.22. The fraction of sp³-hybridized carbons (Fsp3) is 0.552. The molecule has 5 amide bonds. The molecule has 2 aromatic rings. The molecule has 0 aliphatic carbocycles. The van der Waals surface area contributed by atoms with Gasteiger partial charge in [-0.15, -0.1) is 5.10 Å². The van der Waals surface area contributed by atoms with Crippen LogP contribution in [0.3, 0.4) is 0 Å². The van der Waals surface area contributed by atoms with Crippen LogP contribution in [0, 0.1) is 5.92 Å². The first-order valence-corrected chi connectivity index (χ1v) is 14.6. The SMILES string of the molecule is CCc1cn(CCOCCC(=O)N[C@H](C(=O)N[C@@H](CCCNC(N)=O)C(=O)Nc2ccc(COC(C)=O)cc2)C(C)C)nn1. The van der Waals surface area contributed by atoms with Crippen LogP contribution in [0.2, 0.25) is 0 Å². The van der Waals surface area contributed by atoms with Crippen LogP contribution in [0.4, 0.5) is 10.5 Å². The lowest BCUT2D eigenvalue weighted by Gasteiger charge is -2.25. The molecule has 0 saturated carbocycles. The summed E-state index contributed by atoms with van der Waals surface area (Å²) in [5.74, 6) is -2.04. The maximum absolute atomic E-state index is 13.3. The zero-order chi connectivity index (χ0) is 32.5. The molecule has 2 atom stereocenters. The topological polar surface area (TPSA) is 209 Å². The lowest BCUT2D eigenvalue weighted by Crippen LogP contribution is -2.54. The number of amides is 5. The number of primary amides is 1. The van der Waals surface area contributed by atoms with Gasteiger partial charge in [-0.25, -0.2) is 9.48 Å². The predicted octanol–water partition coefficient (Wildman–Crippen LogP) is 1.02. The highest BCUT2D eigenvalue weighted by molar-refractivity contribution is 5.98. The molecule has 0 unspecified atom stereocenters. The van der Waals surface area contributed by atoms with Crippen LogP contribution >= 0.6 is 0 Å². The third kappa shape index (κ3) is 13.6. The summed E-state index contributed by atoms with van der Waals surface area (Å²) in [4.78, 5) is 61.2. The van der Waals surface area contributed by atoms with Gasteiger partial charge in [0.15, 0.2) is 0 Å². The summed E-state index contributed by atoms with van der Waals surface area (Å²) >= 11 is 0. The van der Waals surface area contributed by atoms with E-state index in [-0.39, 0.29) is 44.4 Å². The molecule has 1 aromatic carbocycles. The third-order valence-corrected chi connectivity index (χ3v) is 6.42. The molecule has 6 N–H and O–H groups in total. The van der Waals surface area contributed by atoms with Gasteiger partial charge in [0.2, 0.25) is 17.7 Å². The average molecular weight is 617 g/mol. The van der Waals surface area contributed by atoms with E-state index in [1.807, 2.05) is 13.1 Å². The highest BCUT2D eigenvalue weighted by Gasteiger charge is 2.28. The molecule has 0 bridgehead atoms. The number of rotatable bonds is 19. The Balaban J connectivity index is 1.93. The number of hydrogen-bond donors (Lipinski definition) is 5. The number of urea groups is 1. The van der Waals surface area contributed by atoms with Crippen molar-refractivity contribution in [2.45, 2.75) is 78.6 Å². The number of anilines is 1. The number of carbonyl (C=O) groups excluding carboxylic acids is 5. The molecular formula is C29H44N8O7.